The highest BCUT2D eigenvalue weighted by Gasteiger charge is 2.17. The summed E-state index contributed by atoms with van der Waals surface area (Å²) in [6.45, 7) is 7.41. The van der Waals surface area contributed by atoms with Crippen LogP contribution in [0, 0.1) is 13.8 Å². The van der Waals surface area contributed by atoms with Crippen LogP contribution >= 0.6 is 11.3 Å². The predicted molar refractivity (Wildman–Crippen MR) is 80.6 cm³/mol. The van der Waals surface area contributed by atoms with E-state index >= 15 is 0 Å². The summed E-state index contributed by atoms with van der Waals surface area (Å²) in [5.41, 5.74) is 1.26. The van der Waals surface area contributed by atoms with Gasteiger partial charge in [0.05, 0.1) is 6.04 Å². The van der Waals surface area contributed by atoms with Crippen molar-refractivity contribution < 1.29 is 4.79 Å². The maximum atomic E-state index is 12.0. The second kappa shape index (κ2) is 6.53. The van der Waals surface area contributed by atoms with Crippen LogP contribution in [0.4, 0.5) is 0 Å². The average molecular weight is 280 g/mol. The Morgan fingerprint density at radius 3 is 2.95 bits per heavy atom. The Morgan fingerprint density at radius 1 is 1.58 bits per heavy atom. The van der Waals surface area contributed by atoms with Crippen molar-refractivity contribution in [1.82, 2.24) is 10.6 Å². The molecule has 1 saturated heterocycles. The summed E-state index contributed by atoms with van der Waals surface area (Å²) in [6.07, 6.45) is 4.05. The van der Waals surface area contributed by atoms with Gasteiger partial charge in [-0.2, -0.15) is 0 Å². The topological polar surface area (TPSA) is 41.1 Å². The Bertz CT molecular complexity index is 435. The third kappa shape index (κ3) is 4.05. The maximum absolute atomic E-state index is 12.0. The lowest BCUT2D eigenvalue weighted by Gasteiger charge is -2.15. The molecule has 0 spiro atoms. The molecule has 2 N–H and O–H groups in total. The molecular weight excluding hydrogens is 256 g/mol. The van der Waals surface area contributed by atoms with Gasteiger partial charge in [0, 0.05) is 22.2 Å². The van der Waals surface area contributed by atoms with Crippen molar-refractivity contribution >= 4 is 17.2 Å². The molecule has 1 aromatic heterocycles. The molecule has 2 rings (SSSR count). The van der Waals surface area contributed by atoms with Crippen LogP contribution in [0.2, 0.25) is 0 Å². The molecule has 1 aliphatic heterocycles. The largest absolute Gasteiger partial charge is 0.350 e. The summed E-state index contributed by atoms with van der Waals surface area (Å²) in [6, 6.07) is 2.85. The lowest BCUT2D eigenvalue weighted by atomic mass is 10.1. The first-order chi connectivity index (χ1) is 9.06. The Morgan fingerprint density at radius 2 is 2.37 bits per heavy atom. The third-order valence-corrected chi connectivity index (χ3v) is 4.79. The molecule has 0 bridgehead atoms. The minimum absolute atomic E-state index is 0.119. The zero-order chi connectivity index (χ0) is 13.8. The van der Waals surface area contributed by atoms with Crippen LogP contribution in [-0.4, -0.2) is 18.5 Å². The van der Waals surface area contributed by atoms with Crippen LogP contribution in [0.3, 0.4) is 0 Å². The van der Waals surface area contributed by atoms with Gasteiger partial charge in [-0.25, -0.2) is 0 Å². The minimum atomic E-state index is 0.119. The first-order valence-electron chi connectivity index (χ1n) is 7.16. The van der Waals surface area contributed by atoms with Gasteiger partial charge in [-0.15, -0.1) is 11.3 Å². The molecule has 1 aliphatic rings. The molecule has 0 aromatic carbocycles. The second-order valence-corrected chi connectivity index (χ2v) is 6.95. The van der Waals surface area contributed by atoms with Crippen LogP contribution in [0.5, 0.6) is 0 Å². The third-order valence-electron chi connectivity index (χ3n) is 3.81. The zero-order valence-electron chi connectivity index (χ0n) is 12.1. The Kier molecular flexibility index (Phi) is 4.99. The van der Waals surface area contributed by atoms with Gasteiger partial charge in [0.15, 0.2) is 0 Å². The molecule has 1 aromatic rings. The lowest BCUT2D eigenvalue weighted by Crippen LogP contribution is -2.29. The van der Waals surface area contributed by atoms with Gasteiger partial charge in [-0.05, 0) is 58.2 Å². The smallest absolute Gasteiger partial charge is 0.220 e. The van der Waals surface area contributed by atoms with Gasteiger partial charge < -0.3 is 10.6 Å². The van der Waals surface area contributed by atoms with Crippen molar-refractivity contribution in [2.45, 2.75) is 58.5 Å². The van der Waals surface area contributed by atoms with E-state index in [1.165, 1.54) is 28.2 Å². The second-order valence-electron chi connectivity index (χ2n) is 5.49. The highest BCUT2D eigenvalue weighted by Crippen LogP contribution is 2.26. The van der Waals surface area contributed by atoms with Gasteiger partial charge in [-0.3, -0.25) is 4.79 Å². The molecule has 0 aliphatic carbocycles. The number of aryl methyl sites for hydroxylation is 2. The van der Waals surface area contributed by atoms with Crippen LogP contribution in [0.1, 0.15) is 54.0 Å². The van der Waals surface area contributed by atoms with E-state index < -0.39 is 0 Å². The van der Waals surface area contributed by atoms with Crippen molar-refractivity contribution in [3.05, 3.63) is 21.4 Å². The van der Waals surface area contributed by atoms with Crippen LogP contribution in [-0.2, 0) is 4.79 Å². The van der Waals surface area contributed by atoms with Crippen LogP contribution in [0.25, 0.3) is 0 Å². The van der Waals surface area contributed by atoms with E-state index in [9.17, 15) is 4.79 Å². The van der Waals surface area contributed by atoms with Crippen molar-refractivity contribution in [2.75, 3.05) is 6.54 Å². The summed E-state index contributed by atoms with van der Waals surface area (Å²) in [5.74, 6) is 0.171. The lowest BCUT2D eigenvalue weighted by molar-refractivity contribution is -0.121. The van der Waals surface area contributed by atoms with E-state index in [1.807, 2.05) is 0 Å². The van der Waals surface area contributed by atoms with E-state index in [1.54, 1.807) is 11.3 Å². The first-order valence-corrected chi connectivity index (χ1v) is 7.97. The number of carbonyl (C=O) groups excluding carboxylic acids is 1. The van der Waals surface area contributed by atoms with E-state index in [0.29, 0.717) is 12.5 Å². The Balaban J connectivity index is 1.79. The van der Waals surface area contributed by atoms with Crippen LogP contribution in [0.15, 0.2) is 6.07 Å². The average Bonchev–Trinajstić information content (AvgIpc) is 2.96. The molecule has 2 atom stereocenters. The van der Waals surface area contributed by atoms with Crippen LogP contribution < -0.4 is 10.6 Å². The molecule has 4 heteroatoms. The summed E-state index contributed by atoms with van der Waals surface area (Å²) < 4.78 is 0. The summed E-state index contributed by atoms with van der Waals surface area (Å²) in [7, 11) is 0. The fraction of sp³-hybridized carbons (Fsp3) is 0.667. The number of nitrogens with one attached hydrogen (secondary N) is 2. The van der Waals surface area contributed by atoms with Crippen molar-refractivity contribution in [3.63, 3.8) is 0 Å². The summed E-state index contributed by atoms with van der Waals surface area (Å²) >= 11 is 1.80. The van der Waals surface area contributed by atoms with Gasteiger partial charge >= 0.3 is 0 Å². The number of hydrogen-bond acceptors (Lipinski definition) is 3. The van der Waals surface area contributed by atoms with Crippen molar-refractivity contribution in [3.8, 4) is 0 Å². The first kappa shape index (κ1) is 14.5. The van der Waals surface area contributed by atoms with Gasteiger partial charge in [0.2, 0.25) is 5.91 Å². The van der Waals surface area contributed by atoms with Crippen molar-refractivity contribution in [2.24, 2.45) is 0 Å². The van der Waals surface area contributed by atoms with E-state index in [0.717, 1.165) is 13.0 Å². The minimum Gasteiger partial charge on any atom is -0.350 e. The molecule has 3 nitrogen and oxygen atoms in total. The van der Waals surface area contributed by atoms with Gasteiger partial charge in [0.25, 0.3) is 0 Å². The quantitative estimate of drug-likeness (QED) is 0.870. The van der Waals surface area contributed by atoms with E-state index in [-0.39, 0.29) is 11.9 Å². The fourth-order valence-corrected chi connectivity index (χ4v) is 3.80. The molecular formula is C15H24N2OS. The molecule has 106 valence electrons. The summed E-state index contributed by atoms with van der Waals surface area (Å²) in [4.78, 5) is 14.6. The number of hydrogen-bond donors (Lipinski definition) is 2. The highest BCUT2D eigenvalue weighted by molar-refractivity contribution is 7.12. The number of amides is 1. The highest BCUT2D eigenvalue weighted by atomic mass is 32.1. The normalized spacial score (nSPS) is 20.5. The Labute approximate surface area is 119 Å². The fourth-order valence-electron chi connectivity index (χ4n) is 2.78. The number of thiophene rings is 1. The monoisotopic (exact) mass is 280 g/mol. The summed E-state index contributed by atoms with van der Waals surface area (Å²) in [5, 5.41) is 6.55. The molecule has 1 amide bonds. The van der Waals surface area contributed by atoms with Gasteiger partial charge in [-0.1, -0.05) is 0 Å². The zero-order valence-corrected chi connectivity index (χ0v) is 12.9. The maximum Gasteiger partial charge on any atom is 0.220 e. The molecule has 0 radical (unpaired) electrons. The molecule has 0 saturated carbocycles. The number of rotatable bonds is 5. The van der Waals surface area contributed by atoms with E-state index in [2.05, 4.69) is 37.5 Å². The molecule has 1 fully saturated rings. The van der Waals surface area contributed by atoms with Crippen molar-refractivity contribution in [1.29, 1.82) is 0 Å². The van der Waals surface area contributed by atoms with Gasteiger partial charge in [0.1, 0.15) is 0 Å². The number of carbonyl (C=O) groups is 1. The molecule has 2 heterocycles. The standard InChI is InChI=1S/C15H24N2OS/c1-10-9-14(12(3)19-10)11(2)17-15(18)7-6-13-5-4-8-16-13/h9,11,13,16H,4-8H2,1-3H3,(H,17,18). The molecule has 2 unspecified atom stereocenters. The van der Waals surface area contributed by atoms with E-state index in [4.69, 9.17) is 0 Å². The SMILES string of the molecule is Cc1cc(C(C)NC(=O)CCC2CCCN2)c(C)s1. The predicted octanol–water partition coefficient (Wildman–Crippen LogP) is 3.07. The Hall–Kier alpha value is -0.870. The molecule has 19 heavy (non-hydrogen) atoms.